The molecule has 1 aromatic rings. The first-order valence-electron chi connectivity index (χ1n) is 7.24. The number of nitrogens with one attached hydrogen (secondary N) is 1. The van der Waals surface area contributed by atoms with Crippen molar-refractivity contribution in [3.63, 3.8) is 0 Å². The first-order valence-corrected chi connectivity index (χ1v) is 7.24. The fourth-order valence-corrected chi connectivity index (χ4v) is 2.59. The van der Waals surface area contributed by atoms with Crippen LogP contribution in [0.15, 0.2) is 29.3 Å². The minimum absolute atomic E-state index is 0.623. The van der Waals surface area contributed by atoms with Crippen LogP contribution in [0.25, 0.3) is 0 Å². The van der Waals surface area contributed by atoms with E-state index in [2.05, 4.69) is 53.4 Å². The Bertz CT molecular complexity index is 453. The van der Waals surface area contributed by atoms with Gasteiger partial charge < -0.3 is 15.0 Å². The first-order chi connectivity index (χ1) is 9.69. The molecule has 1 N–H and O–H groups in total. The highest BCUT2D eigenvalue weighted by molar-refractivity contribution is 5.79. The van der Waals surface area contributed by atoms with Gasteiger partial charge in [-0.25, -0.2) is 0 Å². The summed E-state index contributed by atoms with van der Waals surface area (Å²) in [5.41, 5.74) is 2.57. The lowest BCUT2D eigenvalue weighted by atomic mass is 10.1. The standard InChI is InChI=1S/C16H25N3O/c1-13-5-4-6-14(9-13)10-18-16(17-2)19(3)11-15-7-8-20-12-15/h4-6,9,15H,7-8,10-12H2,1-3H3,(H,17,18). The van der Waals surface area contributed by atoms with Gasteiger partial charge in [-0.15, -0.1) is 0 Å². The second kappa shape index (κ2) is 7.29. The third-order valence-corrected chi connectivity index (χ3v) is 3.66. The molecule has 1 fully saturated rings. The van der Waals surface area contributed by atoms with Gasteiger partial charge in [0.1, 0.15) is 0 Å². The number of aryl methyl sites for hydroxylation is 1. The highest BCUT2D eigenvalue weighted by Crippen LogP contribution is 2.13. The Labute approximate surface area is 121 Å². The molecule has 20 heavy (non-hydrogen) atoms. The molecule has 4 heteroatoms. The normalized spacial score (nSPS) is 19.1. The van der Waals surface area contributed by atoms with Crippen LogP contribution in [-0.4, -0.2) is 44.7 Å². The van der Waals surface area contributed by atoms with Crippen LogP contribution in [0, 0.1) is 12.8 Å². The average Bonchev–Trinajstić information content (AvgIpc) is 2.92. The van der Waals surface area contributed by atoms with Crippen LogP contribution < -0.4 is 5.32 Å². The van der Waals surface area contributed by atoms with Gasteiger partial charge >= 0.3 is 0 Å². The summed E-state index contributed by atoms with van der Waals surface area (Å²) in [7, 11) is 3.92. The number of guanidine groups is 1. The minimum Gasteiger partial charge on any atom is -0.381 e. The number of benzene rings is 1. The molecule has 0 amide bonds. The van der Waals surface area contributed by atoms with Gasteiger partial charge in [0.2, 0.25) is 0 Å². The second-order valence-electron chi connectivity index (χ2n) is 5.50. The summed E-state index contributed by atoms with van der Waals surface area (Å²) in [5, 5.41) is 3.42. The Hall–Kier alpha value is -1.55. The van der Waals surface area contributed by atoms with Crippen molar-refractivity contribution in [3.05, 3.63) is 35.4 Å². The Morgan fingerprint density at radius 3 is 3.00 bits per heavy atom. The van der Waals surface area contributed by atoms with Gasteiger partial charge in [-0.1, -0.05) is 29.8 Å². The zero-order valence-corrected chi connectivity index (χ0v) is 12.7. The number of hydrogen-bond acceptors (Lipinski definition) is 2. The van der Waals surface area contributed by atoms with Crippen molar-refractivity contribution in [2.24, 2.45) is 10.9 Å². The molecule has 1 heterocycles. The lowest BCUT2D eigenvalue weighted by Crippen LogP contribution is -2.41. The largest absolute Gasteiger partial charge is 0.381 e. The maximum atomic E-state index is 5.43. The molecule has 4 nitrogen and oxygen atoms in total. The van der Waals surface area contributed by atoms with Crippen molar-refractivity contribution in [3.8, 4) is 0 Å². The van der Waals surface area contributed by atoms with Crippen LogP contribution in [-0.2, 0) is 11.3 Å². The van der Waals surface area contributed by atoms with E-state index in [9.17, 15) is 0 Å². The van der Waals surface area contributed by atoms with E-state index in [0.29, 0.717) is 5.92 Å². The van der Waals surface area contributed by atoms with E-state index in [0.717, 1.165) is 38.7 Å². The zero-order chi connectivity index (χ0) is 14.4. The number of rotatable bonds is 4. The highest BCUT2D eigenvalue weighted by atomic mass is 16.5. The summed E-state index contributed by atoms with van der Waals surface area (Å²) in [6.45, 7) is 5.69. The Balaban J connectivity index is 1.85. The molecule has 0 aromatic heterocycles. The Morgan fingerprint density at radius 2 is 2.35 bits per heavy atom. The molecule has 0 spiro atoms. The van der Waals surface area contributed by atoms with Crippen molar-refractivity contribution in [2.75, 3.05) is 33.9 Å². The maximum absolute atomic E-state index is 5.43. The molecule has 1 saturated heterocycles. The van der Waals surface area contributed by atoms with Gasteiger partial charge in [0.15, 0.2) is 5.96 Å². The lowest BCUT2D eigenvalue weighted by Gasteiger charge is -2.24. The zero-order valence-electron chi connectivity index (χ0n) is 12.7. The van der Waals surface area contributed by atoms with Crippen molar-refractivity contribution >= 4 is 5.96 Å². The molecule has 1 unspecified atom stereocenters. The van der Waals surface area contributed by atoms with Crippen LogP contribution in [0.1, 0.15) is 17.5 Å². The van der Waals surface area contributed by atoms with E-state index in [4.69, 9.17) is 4.74 Å². The van der Waals surface area contributed by atoms with Crippen molar-refractivity contribution in [1.29, 1.82) is 0 Å². The fourth-order valence-electron chi connectivity index (χ4n) is 2.59. The summed E-state index contributed by atoms with van der Waals surface area (Å²) in [6, 6.07) is 8.54. The number of aliphatic imine (C=N–C) groups is 1. The first kappa shape index (κ1) is 14.9. The van der Waals surface area contributed by atoms with E-state index in [1.54, 1.807) is 0 Å². The van der Waals surface area contributed by atoms with Crippen LogP contribution in [0.4, 0.5) is 0 Å². The molecule has 1 aliphatic rings. The van der Waals surface area contributed by atoms with Gasteiger partial charge in [-0.3, -0.25) is 4.99 Å². The summed E-state index contributed by atoms with van der Waals surface area (Å²) < 4.78 is 5.43. The maximum Gasteiger partial charge on any atom is 0.193 e. The van der Waals surface area contributed by atoms with Gasteiger partial charge in [-0.2, -0.15) is 0 Å². The number of ether oxygens (including phenoxy) is 1. The van der Waals surface area contributed by atoms with Crippen LogP contribution >= 0.6 is 0 Å². The van der Waals surface area contributed by atoms with Gasteiger partial charge in [0.25, 0.3) is 0 Å². The third-order valence-electron chi connectivity index (χ3n) is 3.66. The molecular weight excluding hydrogens is 250 g/mol. The fraction of sp³-hybridized carbons (Fsp3) is 0.562. The molecule has 0 aliphatic carbocycles. The average molecular weight is 275 g/mol. The van der Waals surface area contributed by atoms with Crippen LogP contribution in [0.2, 0.25) is 0 Å². The van der Waals surface area contributed by atoms with Crippen LogP contribution in [0.3, 0.4) is 0 Å². The molecule has 110 valence electrons. The number of nitrogens with zero attached hydrogens (tertiary/aromatic N) is 2. The molecule has 0 bridgehead atoms. The van der Waals surface area contributed by atoms with Crippen molar-refractivity contribution in [2.45, 2.75) is 19.9 Å². The quantitative estimate of drug-likeness (QED) is 0.675. The predicted octanol–water partition coefficient (Wildman–Crippen LogP) is 2.04. The minimum atomic E-state index is 0.623. The molecule has 2 rings (SSSR count). The van der Waals surface area contributed by atoms with Crippen molar-refractivity contribution in [1.82, 2.24) is 10.2 Å². The lowest BCUT2D eigenvalue weighted by molar-refractivity contribution is 0.181. The molecule has 0 radical (unpaired) electrons. The predicted molar refractivity (Wildman–Crippen MR) is 82.9 cm³/mol. The second-order valence-corrected chi connectivity index (χ2v) is 5.50. The van der Waals surface area contributed by atoms with Gasteiger partial charge in [0, 0.05) is 39.7 Å². The van der Waals surface area contributed by atoms with E-state index < -0.39 is 0 Å². The van der Waals surface area contributed by atoms with E-state index in [1.165, 1.54) is 11.1 Å². The smallest absolute Gasteiger partial charge is 0.193 e. The van der Waals surface area contributed by atoms with Gasteiger partial charge in [0.05, 0.1) is 6.61 Å². The SMILES string of the molecule is CN=C(NCc1cccc(C)c1)N(C)CC1CCOC1. The Morgan fingerprint density at radius 1 is 1.50 bits per heavy atom. The van der Waals surface area contributed by atoms with E-state index in [1.807, 2.05) is 7.05 Å². The number of hydrogen-bond donors (Lipinski definition) is 1. The summed E-state index contributed by atoms with van der Waals surface area (Å²) in [4.78, 5) is 6.55. The molecule has 0 saturated carbocycles. The summed E-state index contributed by atoms with van der Waals surface area (Å²) in [5.74, 6) is 1.57. The molecular formula is C16H25N3O. The van der Waals surface area contributed by atoms with Crippen molar-refractivity contribution < 1.29 is 4.74 Å². The third kappa shape index (κ3) is 4.23. The Kier molecular flexibility index (Phi) is 5.41. The van der Waals surface area contributed by atoms with Gasteiger partial charge in [-0.05, 0) is 18.9 Å². The highest BCUT2D eigenvalue weighted by Gasteiger charge is 2.18. The molecule has 1 atom stereocenters. The molecule has 1 aromatic carbocycles. The monoisotopic (exact) mass is 275 g/mol. The topological polar surface area (TPSA) is 36.9 Å². The van der Waals surface area contributed by atoms with E-state index in [-0.39, 0.29) is 0 Å². The van der Waals surface area contributed by atoms with Crippen LogP contribution in [0.5, 0.6) is 0 Å². The molecule has 1 aliphatic heterocycles. The summed E-state index contributed by atoms with van der Waals surface area (Å²) >= 11 is 0. The van der Waals surface area contributed by atoms with E-state index >= 15 is 0 Å². The summed E-state index contributed by atoms with van der Waals surface area (Å²) in [6.07, 6.45) is 1.15.